The highest BCUT2D eigenvalue weighted by atomic mass is 16.5. The van der Waals surface area contributed by atoms with E-state index in [0.29, 0.717) is 5.92 Å². The van der Waals surface area contributed by atoms with Crippen molar-refractivity contribution in [2.24, 2.45) is 17.1 Å². The van der Waals surface area contributed by atoms with Gasteiger partial charge in [0.1, 0.15) is 0 Å². The third-order valence-electron chi connectivity index (χ3n) is 2.89. The maximum Gasteiger partial charge on any atom is 0.0493 e. The third kappa shape index (κ3) is 3.11. The van der Waals surface area contributed by atoms with Crippen LogP contribution in [0.3, 0.4) is 0 Å². The molecule has 0 saturated carbocycles. The summed E-state index contributed by atoms with van der Waals surface area (Å²) in [6.07, 6.45) is 2.38. The van der Waals surface area contributed by atoms with Crippen LogP contribution in [0.2, 0.25) is 0 Å². The predicted molar refractivity (Wildman–Crippen MR) is 53.1 cm³/mol. The second-order valence-electron chi connectivity index (χ2n) is 3.96. The number of hydrogen-bond donors (Lipinski definition) is 1. The van der Waals surface area contributed by atoms with E-state index >= 15 is 0 Å². The average molecular weight is 173 g/mol. The van der Waals surface area contributed by atoms with Crippen LogP contribution in [-0.2, 0) is 4.74 Å². The summed E-state index contributed by atoms with van der Waals surface area (Å²) in [4.78, 5) is 0. The molecule has 2 atom stereocenters. The minimum Gasteiger partial charge on any atom is -0.384 e. The number of methoxy groups -OCH3 is 1. The van der Waals surface area contributed by atoms with E-state index in [1.54, 1.807) is 7.11 Å². The van der Waals surface area contributed by atoms with E-state index in [0.717, 1.165) is 13.2 Å². The van der Waals surface area contributed by atoms with Crippen LogP contribution in [0.1, 0.15) is 33.6 Å². The Labute approximate surface area is 76.5 Å². The van der Waals surface area contributed by atoms with Crippen LogP contribution >= 0.6 is 0 Å². The van der Waals surface area contributed by atoms with Gasteiger partial charge in [0.2, 0.25) is 0 Å². The number of ether oxygens (including phenoxy) is 1. The molecular formula is C10H23NO. The monoisotopic (exact) mass is 173 g/mol. The molecule has 0 aliphatic heterocycles. The van der Waals surface area contributed by atoms with Crippen LogP contribution in [-0.4, -0.2) is 20.3 Å². The molecule has 0 heterocycles. The van der Waals surface area contributed by atoms with Crippen LogP contribution in [0.15, 0.2) is 0 Å². The number of nitrogens with two attached hydrogens (primary N) is 1. The lowest BCUT2D eigenvalue weighted by Crippen LogP contribution is -2.35. The van der Waals surface area contributed by atoms with E-state index < -0.39 is 0 Å². The fourth-order valence-electron chi connectivity index (χ4n) is 1.57. The zero-order valence-electron chi connectivity index (χ0n) is 8.89. The van der Waals surface area contributed by atoms with Crippen LogP contribution in [0.25, 0.3) is 0 Å². The second kappa shape index (κ2) is 5.55. The van der Waals surface area contributed by atoms with Crippen LogP contribution in [0.4, 0.5) is 0 Å². The Hall–Kier alpha value is -0.0800. The highest BCUT2D eigenvalue weighted by molar-refractivity contribution is 4.80. The topological polar surface area (TPSA) is 35.2 Å². The molecule has 2 unspecified atom stereocenters. The Bertz CT molecular complexity index is 116. The van der Waals surface area contributed by atoms with Gasteiger partial charge >= 0.3 is 0 Å². The molecule has 0 aromatic heterocycles. The average Bonchev–Trinajstić information content (AvgIpc) is 2.05. The predicted octanol–water partition coefficient (Wildman–Crippen LogP) is 2.03. The van der Waals surface area contributed by atoms with Crippen molar-refractivity contribution in [3.05, 3.63) is 0 Å². The number of rotatable bonds is 6. The number of hydrogen-bond acceptors (Lipinski definition) is 2. The Morgan fingerprint density at radius 1 is 1.50 bits per heavy atom. The quantitative estimate of drug-likeness (QED) is 0.667. The van der Waals surface area contributed by atoms with Gasteiger partial charge < -0.3 is 10.5 Å². The van der Waals surface area contributed by atoms with Crippen molar-refractivity contribution in [1.29, 1.82) is 0 Å². The van der Waals surface area contributed by atoms with Gasteiger partial charge in [0.25, 0.3) is 0 Å². The SMILES string of the molecule is CCCC(C)(CN)C(C)COC. The molecule has 0 rings (SSSR count). The summed E-state index contributed by atoms with van der Waals surface area (Å²) < 4.78 is 5.14. The van der Waals surface area contributed by atoms with Crippen molar-refractivity contribution in [3.63, 3.8) is 0 Å². The third-order valence-corrected chi connectivity index (χ3v) is 2.89. The Balaban J connectivity index is 4.08. The van der Waals surface area contributed by atoms with E-state index in [-0.39, 0.29) is 5.41 Å². The zero-order valence-corrected chi connectivity index (χ0v) is 8.89. The van der Waals surface area contributed by atoms with E-state index in [9.17, 15) is 0 Å². The van der Waals surface area contributed by atoms with Crippen molar-refractivity contribution in [3.8, 4) is 0 Å². The molecular weight excluding hydrogens is 150 g/mol. The minimum absolute atomic E-state index is 0.255. The van der Waals surface area contributed by atoms with Gasteiger partial charge in [0, 0.05) is 13.7 Å². The van der Waals surface area contributed by atoms with E-state index in [4.69, 9.17) is 10.5 Å². The summed E-state index contributed by atoms with van der Waals surface area (Å²) in [5.74, 6) is 0.549. The van der Waals surface area contributed by atoms with Gasteiger partial charge in [-0.05, 0) is 24.3 Å². The standard InChI is InChI=1S/C10H23NO/c1-5-6-10(3,8-11)9(2)7-12-4/h9H,5-8,11H2,1-4H3. The lowest BCUT2D eigenvalue weighted by molar-refractivity contribution is 0.0794. The normalized spacial score (nSPS) is 18.8. The lowest BCUT2D eigenvalue weighted by Gasteiger charge is -2.34. The first kappa shape index (κ1) is 11.9. The smallest absolute Gasteiger partial charge is 0.0493 e. The van der Waals surface area contributed by atoms with Crippen molar-refractivity contribution in [2.75, 3.05) is 20.3 Å². The summed E-state index contributed by atoms with van der Waals surface area (Å²) >= 11 is 0. The summed E-state index contributed by atoms with van der Waals surface area (Å²) in [5.41, 5.74) is 6.02. The molecule has 74 valence electrons. The van der Waals surface area contributed by atoms with Crippen molar-refractivity contribution in [1.82, 2.24) is 0 Å². The fraction of sp³-hybridized carbons (Fsp3) is 1.00. The molecule has 0 fully saturated rings. The first-order valence-electron chi connectivity index (χ1n) is 4.79. The second-order valence-corrected chi connectivity index (χ2v) is 3.96. The zero-order chi connectivity index (χ0) is 9.61. The molecule has 0 aromatic carbocycles. The molecule has 0 radical (unpaired) electrons. The van der Waals surface area contributed by atoms with Crippen LogP contribution in [0.5, 0.6) is 0 Å². The van der Waals surface area contributed by atoms with Crippen LogP contribution < -0.4 is 5.73 Å². The molecule has 0 amide bonds. The molecule has 2 N–H and O–H groups in total. The van der Waals surface area contributed by atoms with Gasteiger partial charge in [0.15, 0.2) is 0 Å². The van der Waals surface area contributed by atoms with Crippen molar-refractivity contribution >= 4 is 0 Å². The molecule has 0 aromatic rings. The molecule has 0 bridgehead atoms. The summed E-state index contributed by atoms with van der Waals surface area (Å²) in [6.45, 7) is 8.23. The summed E-state index contributed by atoms with van der Waals surface area (Å²) in [5, 5.41) is 0. The van der Waals surface area contributed by atoms with Gasteiger partial charge in [-0.3, -0.25) is 0 Å². The Kier molecular flexibility index (Phi) is 5.51. The fourth-order valence-corrected chi connectivity index (χ4v) is 1.57. The van der Waals surface area contributed by atoms with E-state index in [1.807, 2.05) is 0 Å². The Morgan fingerprint density at radius 3 is 2.42 bits per heavy atom. The minimum atomic E-state index is 0.255. The first-order chi connectivity index (χ1) is 5.60. The molecule has 12 heavy (non-hydrogen) atoms. The highest BCUT2D eigenvalue weighted by Gasteiger charge is 2.28. The van der Waals surface area contributed by atoms with Gasteiger partial charge in [-0.25, -0.2) is 0 Å². The van der Waals surface area contributed by atoms with Gasteiger partial charge in [-0.1, -0.05) is 27.2 Å². The largest absolute Gasteiger partial charge is 0.384 e. The van der Waals surface area contributed by atoms with Crippen molar-refractivity contribution < 1.29 is 4.74 Å². The molecule has 2 nitrogen and oxygen atoms in total. The molecule has 0 aliphatic carbocycles. The van der Waals surface area contributed by atoms with E-state index in [1.165, 1.54) is 12.8 Å². The van der Waals surface area contributed by atoms with Crippen LogP contribution in [0, 0.1) is 11.3 Å². The molecule has 0 saturated heterocycles. The van der Waals surface area contributed by atoms with Gasteiger partial charge in [-0.15, -0.1) is 0 Å². The maximum atomic E-state index is 5.77. The molecule has 2 heteroatoms. The summed E-state index contributed by atoms with van der Waals surface area (Å²) in [6, 6.07) is 0. The van der Waals surface area contributed by atoms with Crippen molar-refractivity contribution in [2.45, 2.75) is 33.6 Å². The first-order valence-corrected chi connectivity index (χ1v) is 4.79. The Morgan fingerprint density at radius 2 is 2.08 bits per heavy atom. The maximum absolute atomic E-state index is 5.77. The van der Waals surface area contributed by atoms with E-state index in [2.05, 4.69) is 20.8 Å². The summed E-state index contributed by atoms with van der Waals surface area (Å²) in [7, 11) is 1.75. The van der Waals surface area contributed by atoms with Gasteiger partial charge in [0.05, 0.1) is 0 Å². The molecule has 0 aliphatic rings. The van der Waals surface area contributed by atoms with Gasteiger partial charge in [-0.2, -0.15) is 0 Å². The molecule has 0 spiro atoms. The lowest BCUT2D eigenvalue weighted by atomic mass is 9.75. The highest BCUT2D eigenvalue weighted by Crippen LogP contribution is 2.31.